The summed E-state index contributed by atoms with van der Waals surface area (Å²) in [5.41, 5.74) is 2.90. The van der Waals surface area contributed by atoms with E-state index >= 15 is 0 Å². The molecule has 0 aliphatic heterocycles. The van der Waals surface area contributed by atoms with E-state index in [4.69, 9.17) is 0 Å². The van der Waals surface area contributed by atoms with Crippen LogP contribution in [-0.2, 0) is 5.60 Å². The maximum Gasteiger partial charge on any atom is 0.0902 e. The highest BCUT2D eigenvalue weighted by Gasteiger charge is 2.20. The summed E-state index contributed by atoms with van der Waals surface area (Å²) < 4.78 is 0. The van der Waals surface area contributed by atoms with E-state index in [0.29, 0.717) is 6.42 Å². The Bertz CT molecular complexity index is 434. The first-order chi connectivity index (χ1) is 8.92. The van der Waals surface area contributed by atoms with Gasteiger partial charge in [-0.15, -0.1) is 0 Å². The minimum absolute atomic E-state index is 0.664. The number of hydrogen-bond donors (Lipinski definition) is 1. The maximum atomic E-state index is 10.5. The first-order valence-electron chi connectivity index (χ1n) is 6.99. The molecule has 0 aromatic heterocycles. The van der Waals surface area contributed by atoms with Gasteiger partial charge in [-0.2, -0.15) is 0 Å². The van der Waals surface area contributed by atoms with Crippen molar-refractivity contribution in [1.29, 1.82) is 0 Å². The Morgan fingerprint density at radius 1 is 1.11 bits per heavy atom. The Morgan fingerprint density at radius 3 is 2.32 bits per heavy atom. The topological polar surface area (TPSA) is 20.2 Å². The SMILES string of the molecule is CC(C)=CCC/C(C)=C\CC(C)(O)c1ccccc1. The highest BCUT2D eigenvalue weighted by atomic mass is 16.3. The van der Waals surface area contributed by atoms with E-state index in [1.807, 2.05) is 37.3 Å². The second kappa shape index (κ2) is 7.30. The fourth-order valence-corrected chi connectivity index (χ4v) is 1.98. The summed E-state index contributed by atoms with van der Waals surface area (Å²) in [4.78, 5) is 0. The van der Waals surface area contributed by atoms with E-state index < -0.39 is 5.60 Å². The molecule has 0 saturated carbocycles. The number of hydrogen-bond acceptors (Lipinski definition) is 1. The van der Waals surface area contributed by atoms with E-state index in [1.165, 1.54) is 11.1 Å². The monoisotopic (exact) mass is 258 g/mol. The van der Waals surface area contributed by atoms with Crippen LogP contribution in [0.3, 0.4) is 0 Å². The Hall–Kier alpha value is -1.34. The number of rotatable bonds is 6. The summed E-state index contributed by atoms with van der Waals surface area (Å²) in [7, 11) is 0. The van der Waals surface area contributed by atoms with Gasteiger partial charge in [-0.3, -0.25) is 0 Å². The average molecular weight is 258 g/mol. The normalized spacial score (nSPS) is 14.9. The quantitative estimate of drug-likeness (QED) is 0.714. The first-order valence-corrected chi connectivity index (χ1v) is 6.99. The van der Waals surface area contributed by atoms with Gasteiger partial charge in [0.25, 0.3) is 0 Å². The molecule has 0 aliphatic carbocycles. The van der Waals surface area contributed by atoms with Gasteiger partial charge in [0.05, 0.1) is 5.60 Å². The fourth-order valence-electron chi connectivity index (χ4n) is 1.98. The molecule has 1 unspecified atom stereocenters. The van der Waals surface area contributed by atoms with E-state index in [-0.39, 0.29) is 0 Å². The molecule has 0 radical (unpaired) electrons. The predicted octanol–water partition coefficient (Wildman–Crippen LogP) is 4.98. The van der Waals surface area contributed by atoms with Crippen LogP contribution in [0.1, 0.15) is 52.5 Å². The molecule has 0 spiro atoms. The minimum atomic E-state index is -0.779. The smallest absolute Gasteiger partial charge is 0.0902 e. The summed E-state index contributed by atoms with van der Waals surface area (Å²) in [6, 6.07) is 9.86. The van der Waals surface area contributed by atoms with Crippen molar-refractivity contribution < 1.29 is 5.11 Å². The molecule has 1 aromatic carbocycles. The van der Waals surface area contributed by atoms with Gasteiger partial charge in [0.1, 0.15) is 0 Å². The Morgan fingerprint density at radius 2 is 1.74 bits per heavy atom. The van der Waals surface area contributed by atoms with Gasteiger partial charge >= 0.3 is 0 Å². The molecule has 1 heteroatoms. The maximum absolute atomic E-state index is 10.5. The molecule has 0 bridgehead atoms. The summed E-state index contributed by atoms with van der Waals surface area (Å²) in [6.45, 7) is 8.26. The third-order valence-electron chi connectivity index (χ3n) is 3.33. The van der Waals surface area contributed by atoms with Gasteiger partial charge in [-0.25, -0.2) is 0 Å². The van der Waals surface area contributed by atoms with Gasteiger partial charge in [0.15, 0.2) is 0 Å². The second-order valence-corrected chi connectivity index (χ2v) is 5.71. The van der Waals surface area contributed by atoms with E-state index in [0.717, 1.165) is 18.4 Å². The lowest BCUT2D eigenvalue weighted by Gasteiger charge is -2.22. The van der Waals surface area contributed by atoms with Crippen molar-refractivity contribution in [2.75, 3.05) is 0 Å². The molecule has 1 aromatic rings. The van der Waals surface area contributed by atoms with Crippen LogP contribution >= 0.6 is 0 Å². The first kappa shape index (κ1) is 15.7. The molecular weight excluding hydrogens is 232 g/mol. The van der Waals surface area contributed by atoms with Gasteiger partial charge in [0, 0.05) is 0 Å². The van der Waals surface area contributed by atoms with E-state index in [2.05, 4.69) is 32.9 Å². The Labute approximate surface area is 117 Å². The lowest BCUT2D eigenvalue weighted by atomic mass is 9.91. The van der Waals surface area contributed by atoms with Crippen LogP contribution in [0, 0.1) is 0 Å². The molecule has 104 valence electrons. The fraction of sp³-hybridized carbons (Fsp3) is 0.444. The Kier molecular flexibility index (Phi) is 6.04. The van der Waals surface area contributed by atoms with Crippen molar-refractivity contribution in [2.45, 2.75) is 52.6 Å². The Balaban J connectivity index is 2.57. The molecule has 1 atom stereocenters. The van der Waals surface area contributed by atoms with Gasteiger partial charge < -0.3 is 5.11 Å². The van der Waals surface area contributed by atoms with Crippen LogP contribution in [0.25, 0.3) is 0 Å². The summed E-state index contributed by atoms with van der Waals surface area (Å²) in [5, 5.41) is 10.5. The molecule has 0 heterocycles. The van der Waals surface area contributed by atoms with Crippen LogP contribution in [-0.4, -0.2) is 5.11 Å². The molecule has 0 fully saturated rings. The van der Waals surface area contributed by atoms with Gasteiger partial charge in [-0.05, 0) is 52.5 Å². The highest BCUT2D eigenvalue weighted by molar-refractivity contribution is 5.22. The van der Waals surface area contributed by atoms with Crippen molar-refractivity contribution in [3.8, 4) is 0 Å². The highest BCUT2D eigenvalue weighted by Crippen LogP contribution is 2.25. The zero-order chi connectivity index (χ0) is 14.3. The van der Waals surface area contributed by atoms with Crippen molar-refractivity contribution >= 4 is 0 Å². The van der Waals surface area contributed by atoms with Crippen LogP contribution in [0.4, 0.5) is 0 Å². The standard InChI is InChI=1S/C18H26O/c1-15(2)9-8-10-16(3)13-14-18(4,19)17-11-6-5-7-12-17/h5-7,9,11-13,19H,8,10,14H2,1-4H3/b16-13-. The predicted molar refractivity (Wildman–Crippen MR) is 83.1 cm³/mol. The van der Waals surface area contributed by atoms with Crippen molar-refractivity contribution in [1.82, 2.24) is 0 Å². The van der Waals surface area contributed by atoms with Crippen LogP contribution in [0.15, 0.2) is 53.6 Å². The molecule has 0 saturated heterocycles. The van der Waals surface area contributed by atoms with Gasteiger partial charge in [0.2, 0.25) is 0 Å². The molecular formula is C18H26O. The number of benzene rings is 1. The third-order valence-corrected chi connectivity index (χ3v) is 3.33. The lowest BCUT2D eigenvalue weighted by molar-refractivity contribution is 0.0603. The van der Waals surface area contributed by atoms with Gasteiger partial charge in [-0.1, -0.05) is 53.6 Å². The lowest BCUT2D eigenvalue weighted by Crippen LogP contribution is -2.19. The van der Waals surface area contributed by atoms with Crippen molar-refractivity contribution in [2.24, 2.45) is 0 Å². The third kappa shape index (κ3) is 5.89. The zero-order valence-electron chi connectivity index (χ0n) is 12.6. The van der Waals surface area contributed by atoms with Crippen molar-refractivity contribution in [3.05, 3.63) is 59.2 Å². The van der Waals surface area contributed by atoms with Crippen molar-refractivity contribution in [3.63, 3.8) is 0 Å². The number of allylic oxidation sites excluding steroid dienone is 3. The molecule has 1 N–H and O–H groups in total. The van der Waals surface area contributed by atoms with E-state index in [9.17, 15) is 5.11 Å². The zero-order valence-corrected chi connectivity index (χ0v) is 12.6. The summed E-state index contributed by atoms with van der Waals surface area (Å²) >= 11 is 0. The minimum Gasteiger partial charge on any atom is -0.385 e. The molecule has 0 amide bonds. The second-order valence-electron chi connectivity index (χ2n) is 5.71. The molecule has 0 aliphatic rings. The summed E-state index contributed by atoms with van der Waals surface area (Å²) in [6.07, 6.45) is 7.23. The molecule has 1 rings (SSSR count). The molecule has 1 nitrogen and oxygen atoms in total. The molecule has 19 heavy (non-hydrogen) atoms. The van der Waals surface area contributed by atoms with Crippen LogP contribution in [0.5, 0.6) is 0 Å². The van der Waals surface area contributed by atoms with Crippen LogP contribution < -0.4 is 0 Å². The average Bonchev–Trinajstić information content (AvgIpc) is 2.37. The van der Waals surface area contributed by atoms with E-state index in [1.54, 1.807) is 0 Å². The van der Waals surface area contributed by atoms with Crippen LogP contribution in [0.2, 0.25) is 0 Å². The largest absolute Gasteiger partial charge is 0.385 e. The number of aliphatic hydroxyl groups is 1. The summed E-state index contributed by atoms with van der Waals surface area (Å²) in [5.74, 6) is 0.